The summed E-state index contributed by atoms with van der Waals surface area (Å²) in [6, 6.07) is 7.86. The van der Waals surface area contributed by atoms with Crippen molar-refractivity contribution in [1.82, 2.24) is 15.7 Å². The number of likely N-dealkylation sites (tertiary alicyclic amines) is 1. The lowest BCUT2D eigenvalue weighted by atomic mass is 9.83. The molecule has 2 fully saturated rings. The maximum absolute atomic E-state index is 11.8. The minimum absolute atomic E-state index is 0.269. The molecular formula is C23H33N3O4. The largest absolute Gasteiger partial charge is 0.480 e. The highest BCUT2D eigenvalue weighted by Gasteiger charge is 2.32. The highest BCUT2D eigenvalue weighted by molar-refractivity contribution is 5.90. The number of rotatable bonds is 8. The van der Waals surface area contributed by atoms with Gasteiger partial charge in [0.2, 0.25) is 0 Å². The molecule has 1 aromatic rings. The number of nitrogens with zero attached hydrogens (tertiary/aromatic N) is 1. The van der Waals surface area contributed by atoms with Crippen LogP contribution in [0.4, 0.5) is 0 Å². The molecule has 1 amide bonds. The number of carbonyl (C=O) groups excluding carboxylic acids is 1. The number of carbonyl (C=O) groups is 2. The molecule has 1 saturated heterocycles. The van der Waals surface area contributed by atoms with Crippen LogP contribution in [-0.2, 0) is 16.1 Å². The minimum Gasteiger partial charge on any atom is -0.480 e. The standard InChI is InChI=1S/C23H33N3O4/c27-21(25-30)11-10-17-6-8-18(9-7-17)16-26-14-12-20(13-15-26)24-22(23(28)29)19-4-2-1-3-5-19/h6-11,19-20,22,24,30H,1-5,12-16H2,(H,25,27)(H,28,29)/t22-/m0/s1. The van der Waals surface area contributed by atoms with Crippen LogP contribution in [0.3, 0.4) is 0 Å². The number of piperidine rings is 1. The Kier molecular flexibility index (Phi) is 8.42. The van der Waals surface area contributed by atoms with Crippen LogP contribution in [0, 0.1) is 5.92 Å². The Bertz CT molecular complexity index is 720. The maximum atomic E-state index is 11.8. The summed E-state index contributed by atoms with van der Waals surface area (Å²) in [5, 5.41) is 21.7. The molecule has 0 spiro atoms. The summed E-state index contributed by atoms with van der Waals surface area (Å²) in [5.41, 5.74) is 3.67. The van der Waals surface area contributed by atoms with Crippen molar-refractivity contribution in [2.24, 2.45) is 5.92 Å². The first-order valence-electron chi connectivity index (χ1n) is 11.0. The summed E-state index contributed by atoms with van der Waals surface area (Å²) >= 11 is 0. The quantitative estimate of drug-likeness (QED) is 0.296. The molecule has 164 valence electrons. The monoisotopic (exact) mass is 415 g/mol. The van der Waals surface area contributed by atoms with Gasteiger partial charge in [0.15, 0.2) is 0 Å². The van der Waals surface area contributed by atoms with Crippen LogP contribution in [0.1, 0.15) is 56.1 Å². The summed E-state index contributed by atoms with van der Waals surface area (Å²) in [7, 11) is 0. The molecule has 1 saturated carbocycles. The molecule has 3 rings (SSSR count). The van der Waals surface area contributed by atoms with Gasteiger partial charge in [0.25, 0.3) is 5.91 Å². The minimum atomic E-state index is -0.699. The van der Waals surface area contributed by atoms with Crippen molar-refractivity contribution in [3.63, 3.8) is 0 Å². The number of amides is 1. The van der Waals surface area contributed by atoms with E-state index in [1.54, 1.807) is 11.6 Å². The lowest BCUT2D eigenvalue weighted by molar-refractivity contribution is -0.141. The van der Waals surface area contributed by atoms with Gasteiger partial charge in [0.1, 0.15) is 6.04 Å². The van der Waals surface area contributed by atoms with E-state index in [2.05, 4.69) is 10.2 Å². The fourth-order valence-electron chi connectivity index (χ4n) is 4.59. The SMILES string of the molecule is O=C(C=Cc1ccc(CN2CCC(N[C@H](C(=O)O)C3CCCCC3)CC2)cc1)NO. The molecule has 7 nitrogen and oxygen atoms in total. The van der Waals surface area contributed by atoms with Crippen molar-refractivity contribution in [3.8, 4) is 0 Å². The van der Waals surface area contributed by atoms with Crippen LogP contribution in [-0.4, -0.2) is 52.3 Å². The second-order valence-corrected chi connectivity index (χ2v) is 8.48. The molecule has 1 aromatic carbocycles. The smallest absolute Gasteiger partial charge is 0.320 e. The Hall–Kier alpha value is -2.22. The van der Waals surface area contributed by atoms with Crippen molar-refractivity contribution in [3.05, 3.63) is 41.5 Å². The van der Waals surface area contributed by atoms with E-state index in [0.29, 0.717) is 0 Å². The lowest BCUT2D eigenvalue weighted by Crippen LogP contribution is -2.51. The van der Waals surface area contributed by atoms with E-state index in [1.807, 2.05) is 24.3 Å². The molecule has 1 atom stereocenters. The predicted molar refractivity (Wildman–Crippen MR) is 115 cm³/mol. The first-order valence-corrected chi connectivity index (χ1v) is 11.0. The van der Waals surface area contributed by atoms with Crippen LogP contribution in [0.2, 0.25) is 0 Å². The Morgan fingerprint density at radius 3 is 2.33 bits per heavy atom. The summed E-state index contributed by atoms with van der Waals surface area (Å²) in [4.78, 5) is 25.2. The average molecular weight is 416 g/mol. The van der Waals surface area contributed by atoms with Crippen LogP contribution < -0.4 is 10.8 Å². The molecule has 2 aliphatic rings. The van der Waals surface area contributed by atoms with Gasteiger partial charge in [0, 0.05) is 18.7 Å². The molecule has 0 unspecified atom stereocenters. The van der Waals surface area contributed by atoms with E-state index in [-0.39, 0.29) is 12.0 Å². The van der Waals surface area contributed by atoms with Crippen molar-refractivity contribution >= 4 is 18.0 Å². The second-order valence-electron chi connectivity index (χ2n) is 8.48. The van der Waals surface area contributed by atoms with Gasteiger partial charge in [0.05, 0.1) is 0 Å². The Morgan fingerprint density at radius 1 is 1.07 bits per heavy atom. The Labute approximate surface area is 178 Å². The van der Waals surface area contributed by atoms with Gasteiger partial charge in [-0.15, -0.1) is 0 Å². The summed E-state index contributed by atoms with van der Waals surface area (Å²) in [6.07, 6.45) is 10.5. The number of aliphatic carboxylic acids is 1. The highest BCUT2D eigenvalue weighted by atomic mass is 16.5. The fraction of sp³-hybridized carbons (Fsp3) is 0.565. The summed E-state index contributed by atoms with van der Waals surface area (Å²) < 4.78 is 0. The number of hydrogen-bond acceptors (Lipinski definition) is 5. The van der Waals surface area contributed by atoms with Gasteiger partial charge in [-0.2, -0.15) is 0 Å². The highest BCUT2D eigenvalue weighted by Crippen LogP contribution is 2.27. The van der Waals surface area contributed by atoms with Crippen molar-refractivity contribution in [2.75, 3.05) is 13.1 Å². The third-order valence-electron chi connectivity index (χ3n) is 6.31. The molecule has 1 aliphatic heterocycles. The third kappa shape index (κ3) is 6.65. The number of hydrogen-bond donors (Lipinski definition) is 4. The lowest BCUT2D eigenvalue weighted by Gasteiger charge is -2.36. The van der Waals surface area contributed by atoms with E-state index >= 15 is 0 Å². The molecule has 1 heterocycles. The van der Waals surface area contributed by atoms with Crippen LogP contribution in [0.15, 0.2) is 30.3 Å². The zero-order valence-corrected chi connectivity index (χ0v) is 17.4. The van der Waals surface area contributed by atoms with E-state index in [1.165, 1.54) is 18.1 Å². The van der Waals surface area contributed by atoms with Crippen molar-refractivity contribution in [2.45, 2.75) is 63.6 Å². The van der Waals surface area contributed by atoms with Crippen LogP contribution >= 0.6 is 0 Å². The first kappa shape index (κ1) is 22.5. The summed E-state index contributed by atoms with van der Waals surface area (Å²) in [5.74, 6) is -0.982. The van der Waals surface area contributed by atoms with Gasteiger partial charge in [-0.25, -0.2) is 5.48 Å². The van der Waals surface area contributed by atoms with Gasteiger partial charge in [-0.3, -0.25) is 19.7 Å². The zero-order chi connectivity index (χ0) is 21.3. The molecule has 0 aromatic heterocycles. The van der Waals surface area contributed by atoms with Gasteiger partial charge < -0.3 is 10.4 Å². The van der Waals surface area contributed by atoms with E-state index in [0.717, 1.165) is 63.7 Å². The summed E-state index contributed by atoms with van der Waals surface area (Å²) in [6.45, 7) is 2.76. The molecule has 0 radical (unpaired) electrons. The maximum Gasteiger partial charge on any atom is 0.320 e. The van der Waals surface area contributed by atoms with Gasteiger partial charge in [-0.1, -0.05) is 43.5 Å². The number of hydroxylamine groups is 1. The molecule has 1 aliphatic carbocycles. The first-order chi connectivity index (χ1) is 14.5. The third-order valence-corrected chi connectivity index (χ3v) is 6.31. The fourth-order valence-corrected chi connectivity index (χ4v) is 4.59. The van der Waals surface area contributed by atoms with Crippen molar-refractivity contribution in [1.29, 1.82) is 0 Å². The second kappa shape index (κ2) is 11.2. The van der Waals surface area contributed by atoms with E-state index in [4.69, 9.17) is 5.21 Å². The molecule has 30 heavy (non-hydrogen) atoms. The van der Waals surface area contributed by atoms with Crippen LogP contribution in [0.25, 0.3) is 6.08 Å². The van der Waals surface area contributed by atoms with E-state index in [9.17, 15) is 14.7 Å². The normalized spacial score (nSPS) is 20.3. The zero-order valence-electron chi connectivity index (χ0n) is 17.4. The molecule has 0 bridgehead atoms. The predicted octanol–water partition coefficient (Wildman–Crippen LogP) is 2.79. The number of nitrogens with one attached hydrogen (secondary N) is 2. The van der Waals surface area contributed by atoms with Crippen LogP contribution in [0.5, 0.6) is 0 Å². The Morgan fingerprint density at radius 2 is 1.73 bits per heavy atom. The van der Waals surface area contributed by atoms with Gasteiger partial charge >= 0.3 is 5.97 Å². The number of benzene rings is 1. The van der Waals surface area contributed by atoms with E-state index < -0.39 is 17.9 Å². The number of carboxylic acids is 1. The average Bonchev–Trinajstić information content (AvgIpc) is 2.78. The Balaban J connectivity index is 1.45. The molecular weight excluding hydrogens is 382 g/mol. The molecule has 4 N–H and O–H groups in total. The molecule has 7 heteroatoms. The topological polar surface area (TPSA) is 102 Å². The van der Waals surface area contributed by atoms with Crippen molar-refractivity contribution < 1.29 is 19.9 Å². The number of carboxylic acid groups (broad SMARTS) is 1. The van der Waals surface area contributed by atoms with Gasteiger partial charge in [-0.05, 0) is 61.9 Å².